The molecule has 5 heteroatoms. The van der Waals surface area contributed by atoms with Crippen molar-refractivity contribution in [1.82, 2.24) is 10.1 Å². The second kappa shape index (κ2) is 5.53. The van der Waals surface area contributed by atoms with E-state index >= 15 is 0 Å². The van der Waals surface area contributed by atoms with Crippen LogP contribution in [0.3, 0.4) is 0 Å². The van der Waals surface area contributed by atoms with Crippen molar-refractivity contribution in [2.75, 3.05) is 30.9 Å². The molecule has 18 heavy (non-hydrogen) atoms. The molecule has 1 aromatic heterocycles. The third kappa shape index (κ3) is 3.23. The quantitative estimate of drug-likeness (QED) is 0.875. The first kappa shape index (κ1) is 12.4. The molecule has 0 spiro atoms. The van der Waals surface area contributed by atoms with Gasteiger partial charge in [-0.3, -0.25) is 0 Å². The Bertz CT molecular complexity index is 490. The zero-order valence-corrected chi connectivity index (χ0v) is 11.0. The summed E-state index contributed by atoms with van der Waals surface area (Å²) in [5.74, 6) is 1.26. The van der Waals surface area contributed by atoms with Gasteiger partial charge in [-0.05, 0) is 24.2 Å². The molecule has 96 valence electrons. The lowest BCUT2D eigenvalue weighted by Crippen LogP contribution is -2.10. The van der Waals surface area contributed by atoms with Crippen LogP contribution in [0.25, 0.3) is 0 Å². The van der Waals surface area contributed by atoms with Crippen LogP contribution >= 0.6 is 0 Å². The number of aromatic nitrogens is 2. The van der Waals surface area contributed by atoms with Gasteiger partial charge in [-0.1, -0.05) is 17.7 Å². The van der Waals surface area contributed by atoms with Crippen molar-refractivity contribution in [1.29, 1.82) is 0 Å². The van der Waals surface area contributed by atoms with Crippen molar-refractivity contribution in [3.63, 3.8) is 0 Å². The van der Waals surface area contributed by atoms with E-state index in [9.17, 15) is 0 Å². The summed E-state index contributed by atoms with van der Waals surface area (Å²) in [4.78, 5) is 6.08. The fourth-order valence-corrected chi connectivity index (χ4v) is 1.51. The van der Waals surface area contributed by atoms with E-state index in [1.165, 1.54) is 5.56 Å². The van der Waals surface area contributed by atoms with E-state index < -0.39 is 0 Å². The predicted molar refractivity (Wildman–Crippen MR) is 72.0 cm³/mol. The molecule has 0 fully saturated rings. The SMILES string of the molecule is Cc1ccc(NCCc2nc(N(C)C)no2)cc1. The second-order valence-electron chi connectivity index (χ2n) is 4.43. The van der Waals surface area contributed by atoms with Gasteiger partial charge in [0.05, 0.1) is 0 Å². The van der Waals surface area contributed by atoms with Crippen LogP contribution in [0.1, 0.15) is 11.5 Å². The lowest BCUT2D eigenvalue weighted by Gasteiger charge is -2.04. The van der Waals surface area contributed by atoms with Crippen LogP contribution in [0.4, 0.5) is 11.6 Å². The Balaban J connectivity index is 1.82. The number of rotatable bonds is 5. The Morgan fingerprint density at radius 3 is 2.56 bits per heavy atom. The van der Waals surface area contributed by atoms with Gasteiger partial charge >= 0.3 is 0 Å². The highest BCUT2D eigenvalue weighted by atomic mass is 16.5. The predicted octanol–water partition coefficient (Wildman–Crippen LogP) is 2.10. The number of hydrogen-bond acceptors (Lipinski definition) is 5. The minimum Gasteiger partial charge on any atom is -0.385 e. The molecule has 2 rings (SSSR count). The largest absolute Gasteiger partial charge is 0.385 e. The third-order valence-corrected chi connectivity index (χ3v) is 2.58. The Labute approximate surface area is 107 Å². The van der Waals surface area contributed by atoms with E-state index in [0.717, 1.165) is 12.2 Å². The van der Waals surface area contributed by atoms with Crippen molar-refractivity contribution < 1.29 is 4.52 Å². The van der Waals surface area contributed by atoms with Gasteiger partial charge in [-0.25, -0.2) is 0 Å². The van der Waals surface area contributed by atoms with E-state index in [-0.39, 0.29) is 0 Å². The zero-order chi connectivity index (χ0) is 13.0. The lowest BCUT2D eigenvalue weighted by molar-refractivity contribution is 0.380. The normalized spacial score (nSPS) is 10.4. The number of benzene rings is 1. The van der Waals surface area contributed by atoms with Crippen molar-refractivity contribution in [3.05, 3.63) is 35.7 Å². The minimum absolute atomic E-state index is 0.611. The summed E-state index contributed by atoms with van der Waals surface area (Å²) < 4.78 is 5.14. The second-order valence-corrected chi connectivity index (χ2v) is 4.43. The molecule has 1 aromatic carbocycles. The molecule has 0 saturated heterocycles. The molecule has 0 aliphatic heterocycles. The van der Waals surface area contributed by atoms with Crippen LogP contribution in [0, 0.1) is 6.92 Å². The fourth-order valence-electron chi connectivity index (χ4n) is 1.51. The molecule has 0 aliphatic rings. The van der Waals surface area contributed by atoms with Crippen molar-refractivity contribution >= 4 is 11.6 Å². The molecule has 0 radical (unpaired) electrons. The Morgan fingerprint density at radius 2 is 1.94 bits per heavy atom. The maximum atomic E-state index is 5.14. The van der Waals surface area contributed by atoms with Gasteiger partial charge in [0.25, 0.3) is 5.95 Å². The maximum Gasteiger partial charge on any atom is 0.265 e. The summed E-state index contributed by atoms with van der Waals surface area (Å²) in [7, 11) is 3.78. The summed E-state index contributed by atoms with van der Waals surface area (Å²) in [6.45, 7) is 2.85. The van der Waals surface area contributed by atoms with Gasteiger partial charge in [-0.2, -0.15) is 4.98 Å². The van der Waals surface area contributed by atoms with Gasteiger partial charge < -0.3 is 14.7 Å². The molecular formula is C13H18N4O. The first-order valence-corrected chi connectivity index (χ1v) is 5.95. The molecular weight excluding hydrogens is 228 g/mol. The summed E-state index contributed by atoms with van der Waals surface area (Å²) in [6, 6.07) is 8.29. The van der Waals surface area contributed by atoms with Crippen LogP contribution in [-0.2, 0) is 6.42 Å². The van der Waals surface area contributed by atoms with Crippen LogP contribution in [0.5, 0.6) is 0 Å². The molecule has 0 amide bonds. The molecule has 1 heterocycles. The van der Waals surface area contributed by atoms with E-state index in [0.29, 0.717) is 18.3 Å². The summed E-state index contributed by atoms with van der Waals surface area (Å²) in [5.41, 5.74) is 2.36. The average Bonchev–Trinajstić information content (AvgIpc) is 2.81. The summed E-state index contributed by atoms with van der Waals surface area (Å²) in [6.07, 6.45) is 0.717. The van der Waals surface area contributed by atoms with Crippen LogP contribution in [0.15, 0.2) is 28.8 Å². The minimum atomic E-state index is 0.611. The van der Waals surface area contributed by atoms with Crippen molar-refractivity contribution in [3.8, 4) is 0 Å². The highest BCUT2D eigenvalue weighted by Crippen LogP contribution is 2.09. The van der Waals surface area contributed by atoms with Gasteiger partial charge in [0.2, 0.25) is 5.89 Å². The molecule has 1 N–H and O–H groups in total. The number of nitrogens with one attached hydrogen (secondary N) is 1. The van der Waals surface area contributed by atoms with Crippen LogP contribution < -0.4 is 10.2 Å². The number of aryl methyl sites for hydroxylation is 1. The van der Waals surface area contributed by atoms with Gasteiger partial charge in [0, 0.05) is 32.7 Å². The van der Waals surface area contributed by atoms with Crippen molar-refractivity contribution in [2.24, 2.45) is 0 Å². The number of anilines is 2. The van der Waals surface area contributed by atoms with E-state index in [1.807, 2.05) is 19.0 Å². The van der Waals surface area contributed by atoms with Gasteiger partial charge in [0.1, 0.15) is 0 Å². The van der Waals surface area contributed by atoms with E-state index in [4.69, 9.17) is 4.52 Å². The monoisotopic (exact) mass is 246 g/mol. The Kier molecular flexibility index (Phi) is 3.82. The molecule has 5 nitrogen and oxygen atoms in total. The summed E-state index contributed by atoms with van der Waals surface area (Å²) >= 11 is 0. The standard InChI is InChI=1S/C13H18N4O/c1-10-4-6-11(7-5-10)14-9-8-12-15-13(16-18-12)17(2)3/h4-7,14H,8-9H2,1-3H3. The smallest absolute Gasteiger partial charge is 0.265 e. The van der Waals surface area contributed by atoms with Crippen LogP contribution in [0.2, 0.25) is 0 Å². The lowest BCUT2D eigenvalue weighted by atomic mass is 10.2. The van der Waals surface area contributed by atoms with E-state index in [1.54, 1.807) is 0 Å². The molecule has 0 bridgehead atoms. The van der Waals surface area contributed by atoms with Gasteiger partial charge in [-0.15, -0.1) is 0 Å². The summed E-state index contributed by atoms with van der Waals surface area (Å²) in [5, 5.41) is 7.18. The molecule has 0 atom stereocenters. The highest BCUT2D eigenvalue weighted by Gasteiger charge is 2.06. The number of hydrogen-bond donors (Lipinski definition) is 1. The Hall–Kier alpha value is -2.04. The first-order valence-electron chi connectivity index (χ1n) is 5.95. The Morgan fingerprint density at radius 1 is 1.22 bits per heavy atom. The molecule has 0 unspecified atom stereocenters. The maximum absolute atomic E-state index is 5.14. The van der Waals surface area contributed by atoms with Crippen LogP contribution in [-0.4, -0.2) is 30.8 Å². The third-order valence-electron chi connectivity index (χ3n) is 2.58. The number of nitrogens with zero attached hydrogens (tertiary/aromatic N) is 3. The molecule has 0 saturated carbocycles. The topological polar surface area (TPSA) is 54.2 Å². The fraction of sp³-hybridized carbons (Fsp3) is 0.385. The average molecular weight is 246 g/mol. The first-order chi connectivity index (χ1) is 8.65. The van der Waals surface area contributed by atoms with Gasteiger partial charge in [0.15, 0.2) is 0 Å². The molecule has 2 aromatic rings. The molecule has 0 aliphatic carbocycles. The van der Waals surface area contributed by atoms with Crippen molar-refractivity contribution in [2.45, 2.75) is 13.3 Å². The van der Waals surface area contributed by atoms with E-state index in [2.05, 4.69) is 46.6 Å². The zero-order valence-electron chi connectivity index (χ0n) is 11.0. The highest BCUT2D eigenvalue weighted by molar-refractivity contribution is 5.44.